The zero-order valence-corrected chi connectivity index (χ0v) is 11.3. The van der Waals surface area contributed by atoms with Crippen LogP contribution in [-0.4, -0.2) is 58.1 Å². The summed E-state index contributed by atoms with van der Waals surface area (Å²) in [6.45, 7) is -0.977. The standard InChI is InChI=1S/C13H17ClO6/c14-8-3-1-7(2-4-8)13-19-10(6-16)12(20-13)11(18)9(17)5-15/h1-4,9-13,15-18H,5-6H2/t9-,10+,11+,12+,13?/m0/s1. The SMILES string of the molecule is OC[C@H](O)[C@@H](O)[C@@H]1OC(c2ccc(Cl)cc2)O[C@@H]1CO. The topological polar surface area (TPSA) is 99.4 Å². The predicted molar refractivity (Wildman–Crippen MR) is 70.1 cm³/mol. The molecule has 0 radical (unpaired) electrons. The van der Waals surface area contributed by atoms with Gasteiger partial charge in [0.05, 0.1) is 13.2 Å². The summed E-state index contributed by atoms with van der Waals surface area (Å²) in [7, 11) is 0. The van der Waals surface area contributed by atoms with Gasteiger partial charge in [0.2, 0.25) is 0 Å². The molecular weight excluding hydrogens is 288 g/mol. The van der Waals surface area contributed by atoms with E-state index in [1.807, 2.05) is 0 Å². The van der Waals surface area contributed by atoms with E-state index < -0.39 is 37.3 Å². The molecule has 1 aromatic rings. The summed E-state index contributed by atoms with van der Waals surface area (Å²) in [4.78, 5) is 0. The van der Waals surface area contributed by atoms with Gasteiger partial charge in [-0.3, -0.25) is 0 Å². The van der Waals surface area contributed by atoms with Crippen LogP contribution in [0.15, 0.2) is 24.3 Å². The Labute approximate surface area is 121 Å². The van der Waals surface area contributed by atoms with E-state index in [0.717, 1.165) is 0 Å². The molecule has 7 heteroatoms. The molecule has 0 amide bonds. The number of benzene rings is 1. The maximum atomic E-state index is 9.88. The fourth-order valence-electron chi connectivity index (χ4n) is 2.05. The molecular formula is C13H17ClO6. The van der Waals surface area contributed by atoms with Gasteiger partial charge in [-0.2, -0.15) is 0 Å². The molecule has 0 spiro atoms. The summed E-state index contributed by atoms with van der Waals surface area (Å²) in [5.74, 6) is 0. The Morgan fingerprint density at radius 3 is 2.30 bits per heavy atom. The van der Waals surface area contributed by atoms with Crippen LogP contribution in [0, 0.1) is 0 Å². The second-order valence-corrected chi connectivity index (χ2v) is 5.02. The van der Waals surface area contributed by atoms with E-state index in [1.165, 1.54) is 0 Å². The van der Waals surface area contributed by atoms with Crippen molar-refractivity contribution < 1.29 is 29.9 Å². The van der Waals surface area contributed by atoms with Crippen molar-refractivity contribution in [3.8, 4) is 0 Å². The second kappa shape index (κ2) is 6.82. The van der Waals surface area contributed by atoms with Crippen LogP contribution in [0.2, 0.25) is 5.02 Å². The third-order valence-corrected chi connectivity index (χ3v) is 3.44. The summed E-state index contributed by atoms with van der Waals surface area (Å²) in [6.07, 6.45) is -5.19. The molecule has 6 nitrogen and oxygen atoms in total. The fourth-order valence-corrected chi connectivity index (χ4v) is 2.18. The van der Waals surface area contributed by atoms with E-state index in [-0.39, 0.29) is 6.61 Å². The van der Waals surface area contributed by atoms with Gasteiger partial charge in [0.25, 0.3) is 0 Å². The van der Waals surface area contributed by atoms with Crippen LogP contribution in [0.4, 0.5) is 0 Å². The molecule has 0 aliphatic carbocycles. The molecule has 1 aliphatic rings. The predicted octanol–water partition coefficient (Wildman–Crippen LogP) is -0.171. The summed E-state index contributed by atoms with van der Waals surface area (Å²) in [5, 5.41) is 38.0. The van der Waals surface area contributed by atoms with Crippen LogP contribution in [0.3, 0.4) is 0 Å². The van der Waals surface area contributed by atoms with Crippen molar-refractivity contribution in [2.24, 2.45) is 0 Å². The van der Waals surface area contributed by atoms with Crippen molar-refractivity contribution in [3.63, 3.8) is 0 Å². The van der Waals surface area contributed by atoms with Crippen molar-refractivity contribution in [2.75, 3.05) is 13.2 Å². The molecule has 1 saturated heterocycles. The van der Waals surface area contributed by atoms with E-state index in [2.05, 4.69) is 0 Å². The lowest BCUT2D eigenvalue weighted by molar-refractivity contribution is -0.113. The van der Waals surface area contributed by atoms with Crippen LogP contribution < -0.4 is 0 Å². The number of rotatable bonds is 5. The fraction of sp³-hybridized carbons (Fsp3) is 0.538. The first-order chi connectivity index (χ1) is 9.56. The van der Waals surface area contributed by atoms with Gasteiger partial charge < -0.3 is 29.9 Å². The normalized spacial score (nSPS) is 29.4. The summed E-state index contributed by atoms with van der Waals surface area (Å²) >= 11 is 5.79. The van der Waals surface area contributed by atoms with E-state index in [4.69, 9.17) is 26.2 Å². The van der Waals surface area contributed by atoms with Crippen LogP contribution in [0.5, 0.6) is 0 Å². The minimum absolute atomic E-state index is 0.371. The monoisotopic (exact) mass is 304 g/mol. The lowest BCUT2D eigenvalue weighted by atomic mass is 10.0. The molecule has 0 aromatic heterocycles. The lowest BCUT2D eigenvalue weighted by Gasteiger charge is -2.23. The van der Waals surface area contributed by atoms with E-state index >= 15 is 0 Å². The Morgan fingerprint density at radius 2 is 1.75 bits per heavy atom. The third kappa shape index (κ3) is 3.29. The van der Waals surface area contributed by atoms with Gasteiger partial charge in [-0.05, 0) is 12.1 Å². The smallest absolute Gasteiger partial charge is 0.184 e. The Kier molecular flexibility index (Phi) is 5.34. The first kappa shape index (κ1) is 15.7. The Morgan fingerprint density at radius 1 is 1.10 bits per heavy atom. The van der Waals surface area contributed by atoms with Gasteiger partial charge in [0, 0.05) is 10.6 Å². The molecule has 5 atom stereocenters. The summed E-state index contributed by atoms with van der Waals surface area (Å²) in [5.41, 5.74) is 0.682. The summed E-state index contributed by atoms with van der Waals surface area (Å²) < 4.78 is 11.0. The van der Waals surface area contributed by atoms with Gasteiger partial charge in [-0.1, -0.05) is 23.7 Å². The molecule has 1 aliphatic heterocycles. The van der Waals surface area contributed by atoms with Crippen molar-refractivity contribution in [1.29, 1.82) is 0 Å². The molecule has 2 rings (SSSR count). The van der Waals surface area contributed by atoms with Crippen LogP contribution in [0.1, 0.15) is 11.9 Å². The highest BCUT2D eigenvalue weighted by atomic mass is 35.5. The van der Waals surface area contributed by atoms with Crippen molar-refractivity contribution in [1.82, 2.24) is 0 Å². The van der Waals surface area contributed by atoms with Crippen LogP contribution in [0.25, 0.3) is 0 Å². The maximum absolute atomic E-state index is 9.88. The van der Waals surface area contributed by atoms with Crippen molar-refractivity contribution in [2.45, 2.75) is 30.7 Å². The van der Waals surface area contributed by atoms with E-state index in [0.29, 0.717) is 10.6 Å². The van der Waals surface area contributed by atoms with Gasteiger partial charge in [-0.15, -0.1) is 0 Å². The minimum atomic E-state index is -1.36. The lowest BCUT2D eigenvalue weighted by Crippen LogP contribution is -2.45. The average molecular weight is 305 g/mol. The van der Waals surface area contributed by atoms with Gasteiger partial charge in [0.1, 0.15) is 24.4 Å². The van der Waals surface area contributed by atoms with E-state index in [1.54, 1.807) is 24.3 Å². The zero-order valence-electron chi connectivity index (χ0n) is 10.6. The molecule has 0 saturated carbocycles. The number of halogens is 1. The van der Waals surface area contributed by atoms with E-state index in [9.17, 15) is 15.3 Å². The summed E-state index contributed by atoms with van der Waals surface area (Å²) in [6, 6.07) is 6.76. The molecule has 20 heavy (non-hydrogen) atoms. The van der Waals surface area contributed by atoms with Crippen molar-refractivity contribution >= 4 is 11.6 Å². The second-order valence-electron chi connectivity index (χ2n) is 4.58. The first-order valence-electron chi connectivity index (χ1n) is 6.21. The first-order valence-corrected chi connectivity index (χ1v) is 6.59. The minimum Gasteiger partial charge on any atom is -0.394 e. The quantitative estimate of drug-likeness (QED) is 0.603. The molecule has 0 bridgehead atoms. The molecule has 1 aromatic carbocycles. The average Bonchev–Trinajstić information content (AvgIpc) is 2.90. The zero-order chi connectivity index (χ0) is 14.7. The number of hydrogen-bond acceptors (Lipinski definition) is 6. The van der Waals surface area contributed by atoms with Gasteiger partial charge in [-0.25, -0.2) is 0 Å². The highest BCUT2D eigenvalue weighted by Gasteiger charge is 2.43. The highest BCUT2D eigenvalue weighted by molar-refractivity contribution is 6.30. The largest absolute Gasteiger partial charge is 0.394 e. The molecule has 1 heterocycles. The Bertz CT molecular complexity index is 425. The van der Waals surface area contributed by atoms with Crippen molar-refractivity contribution in [3.05, 3.63) is 34.9 Å². The highest BCUT2D eigenvalue weighted by Crippen LogP contribution is 2.33. The molecule has 112 valence electrons. The van der Waals surface area contributed by atoms with Crippen LogP contribution >= 0.6 is 11.6 Å². The molecule has 4 N–H and O–H groups in total. The number of aliphatic hydroxyl groups is 4. The third-order valence-electron chi connectivity index (χ3n) is 3.19. The number of aliphatic hydroxyl groups excluding tert-OH is 4. The van der Waals surface area contributed by atoms with Gasteiger partial charge >= 0.3 is 0 Å². The Balaban J connectivity index is 2.11. The maximum Gasteiger partial charge on any atom is 0.184 e. The van der Waals surface area contributed by atoms with Crippen LogP contribution in [-0.2, 0) is 9.47 Å². The number of ether oxygens (including phenoxy) is 2. The Hall–Kier alpha value is -0.730. The molecule has 1 unspecified atom stereocenters. The van der Waals surface area contributed by atoms with Gasteiger partial charge in [0.15, 0.2) is 6.29 Å². The molecule has 1 fully saturated rings. The number of hydrogen-bond donors (Lipinski definition) is 4.